The van der Waals surface area contributed by atoms with Gasteiger partial charge in [-0.05, 0) is 81.0 Å². The van der Waals surface area contributed by atoms with E-state index in [4.69, 9.17) is 9.47 Å². The number of anilines is 1. The fourth-order valence-electron chi connectivity index (χ4n) is 3.25. The van der Waals surface area contributed by atoms with Crippen LogP contribution in [0.2, 0.25) is 0 Å². The van der Waals surface area contributed by atoms with Crippen molar-refractivity contribution in [3.63, 3.8) is 0 Å². The first-order chi connectivity index (χ1) is 13.1. The molecule has 0 fully saturated rings. The molecular weight excluding hydrogens is 342 g/mol. The number of rotatable bonds is 6. The number of hydrogen-bond acceptors (Lipinski definition) is 4. The number of carbonyl (C=O) groups is 2. The third kappa shape index (κ3) is 4.67. The Kier molecular flexibility index (Phi) is 6.12. The van der Waals surface area contributed by atoms with Crippen molar-refractivity contribution in [2.24, 2.45) is 0 Å². The molecule has 2 aromatic carbocycles. The number of carbonyl (C=O) groups excluding carboxylic acids is 2. The Labute approximate surface area is 159 Å². The zero-order chi connectivity index (χ0) is 19.2. The van der Waals surface area contributed by atoms with Gasteiger partial charge < -0.3 is 14.8 Å². The molecule has 1 N–H and O–H groups in total. The van der Waals surface area contributed by atoms with Gasteiger partial charge in [0.2, 0.25) is 0 Å². The molecule has 0 saturated heterocycles. The average molecular weight is 367 g/mol. The van der Waals surface area contributed by atoms with Gasteiger partial charge in [0.1, 0.15) is 5.75 Å². The van der Waals surface area contributed by atoms with Gasteiger partial charge in [0, 0.05) is 5.69 Å². The Morgan fingerprint density at radius 2 is 1.81 bits per heavy atom. The summed E-state index contributed by atoms with van der Waals surface area (Å²) < 4.78 is 10.9. The summed E-state index contributed by atoms with van der Waals surface area (Å²) >= 11 is 0. The van der Waals surface area contributed by atoms with Gasteiger partial charge in [0.05, 0.1) is 12.2 Å². The zero-order valence-electron chi connectivity index (χ0n) is 15.8. The van der Waals surface area contributed by atoms with Gasteiger partial charge in [0.15, 0.2) is 6.10 Å². The second kappa shape index (κ2) is 8.71. The topological polar surface area (TPSA) is 64.6 Å². The highest BCUT2D eigenvalue weighted by atomic mass is 16.5. The number of hydrogen-bond donors (Lipinski definition) is 1. The Balaban J connectivity index is 1.62. The zero-order valence-corrected chi connectivity index (χ0v) is 15.8. The van der Waals surface area contributed by atoms with Crippen molar-refractivity contribution in [3.05, 3.63) is 59.2 Å². The summed E-state index contributed by atoms with van der Waals surface area (Å²) in [4.78, 5) is 24.2. The monoisotopic (exact) mass is 367 g/mol. The molecule has 0 saturated carbocycles. The molecule has 142 valence electrons. The molecule has 1 aliphatic carbocycles. The smallest absolute Gasteiger partial charge is 0.338 e. The van der Waals surface area contributed by atoms with Crippen molar-refractivity contribution >= 4 is 17.6 Å². The molecule has 3 rings (SSSR count). The largest absolute Gasteiger partial charge is 0.481 e. The van der Waals surface area contributed by atoms with Crippen LogP contribution in [0.4, 0.5) is 5.69 Å². The van der Waals surface area contributed by atoms with E-state index < -0.39 is 6.10 Å². The van der Waals surface area contributed by atoms with E-state index in [0.717, 1.165) is 25.0 Å². The summed E-state index contributed by atoms with van der Waals surface area (Å²) in [5, 5.41) is 2.82. The van der Waals surface area contributed by atoms with Gasteiger partial charge in [-0.1, -0.05) is 12.1 Å². The van der Waals surface area contributed by atoms with Crippen LogP contribution in [-0.4, -0.2) is 24.6 Å². The summed E-state index contributed by atoms with van der Waals surface area (Å²) in [7, 11) is 0. The lowest BCUT2D eigenvalue weighted by atomic mass is 9.91. The van der Waals surface area contributed by atoms with Gasteiger partial charge in [-0.25, -0.2) is 4.79 Å². The van der Waals surface area contributed by atoms with Gasteiger partial charge >= 0.3 is 5.97 Å². The number of aryl methyl sites for hydroxylation is 1. The predicted octanol–water partition coefficient (Wildman–Crippen LogP) is 4.15. The minimum absolute atomic E-state index is 0.229. The predicted molar refractivity (Wildman–Crippen MR) is 104 cm³/mol. The summed E-state index contributed by atoms with van der Waals surface area (Å²) in [6.07, 6.45) is 3.80. The van der Waals surface area contributed by atoms with Crippen molar-refractivity contribution in [1.82, 2.24) is 0 Å². The van der Waals surface area contributed by atoms with E-state index >= 15 is 0 Å². The molecule has 0 unspecified atom stereocenters. The highest BCUT2D eigenvalue weighted by Crippen LogP contribution is 2.30. The van der Waals surface area contributed by atoms with Crippen LogP contribution in [0.5, 0.6) is 5.75 Å². The van der Waals surface area contributed by atoms with Crippen LogP contribution >= 0.6 is 0 Å². The van der Waals surface area contributed by atoms with Gasteiger partial charge in [-0.15, -0.1) is 0 Å². The molecule has 0 bridgehead atoms. The van der Waals surface area contributed by atoms with E-state index in [1.807, 2.05) is 12.1 Å². The van der Waals surface area contributed by atoms with Crippen LogP contribution in [0.25, 0.3) is 0 Å². The number of benzene rings is 2. The molecule has 0 radical (unpaired) electrons. The molecule has 5 nitrogen and oxygen atoms in total. The summed E-state index contributed by atoms with van der Waals surface area (Å²) in [5.41, 5.74) is 3.61. The van der Waals surface area contributed by atoms with E-state index in [2.05, 4.69) is 11.4 Å². The summed E-state index contributed by atoms with van der Waals surface area (Å²) in [6.45, 7) is 3.83. The lowest BCUT2D eigenvalue weighted by Gasteiger charge is -2.22. The first-order valence-electron chi connectivity index (χ1n) is 9.44. The molecule has 2 aromatic rings. The maximum atomic E-state index is 12.5. The van der Waals surface area contributed by atoms with Crippen LogP contribution in [0.1, 0.15) is 48.2 Å². The third-order valence-corrected chi connectivity index (χ3v) is 4.69. The molecule has 0 spiro atoms. The van der Waals surface area contributed by atoms with Crippen molar-refractivity contribution < 1.29 is 19.1 Å². The number of esters is 1. The van der Waals surface area contributed by atoms with Gasteiger partial charge in [-0.3, -0.25) is 4.79 Å². The summed E-state index contributed by atoms with van der Waals surface area (Å²) in [6, 6.07) is 12.7. The molecule has 0 aromatic heterocycles. The lowest BCUT2D eigenvalue weighted by Crippen LogP contribution is -2.30. The average Bonchev–Trinajstić information content (AvgIpc) is 2.69. The minimum atomic E-state index is -0.622. The minimum Gasteiger partial charge on any atom is -0.481 e. The molecule has 27 heavy (non-hydrogen) atoms. The summed E-state index contributed by atoms with van der Waals surface area (Å²) in [5.74, 6) is 0.195. The highest BCUT2D eigenvalue weighted by Gasteiger charge is 2.19. The standard InChI is InChI=1S/C22H25NO4/c1-3-26-22(25)17-11-13-18(14-12-17)23-21(24)15(2)27-20-10-6-8-16-7-4-5-9-19(16)20/h6,8,10-15H,3-5,7,9H2,1-2H3,(H,23,24)/t15-/m0/s1. The fourth-order valence-corrected chi connectivity index (χ4v) is 3.25. The second-order valence-electron chi connectivity index (χ2n) is 6.65. The SMILES string of the molecule is CCOC(=O)c1ccc(NC(=O)[C@H](C)Oc2cccc3c2CCCC3)cc1. The number of fused-ring (bicyclic) bond motifs is 1. The Bertz CT molecular complexity index is 814. The van der Waals surface area contributed by atoms with Gasteiger partial charge in [-0.2, -0.15) is 0 Å². The van der Waals surface area contributed by atoms with E-state index in [0.29, 0.717) is 17.9 Å². The second-order valence-corrected chi connectivity index (χ2v) is 6.65. The maximum Gasteiger partial charge on any atom is 0.338 e. The van der Waals surface area contributed by atoms with Crippen molar-refractivity contribution in [3.8, 4) is 5.75 Å². The molecule has 0 aliphatic heterocycles. The van der Waals surface area contributed by atoms with Crippen molar-refractivity contribution in [1.29, 1.82) is 0 Å². The molecule has 0 heterocycles. The maximum absolute atomic E-state index is 12.5. The Hall–Kier alpha value is -2.82. The van der Waals surface area contributed by atoms with Crippen LogP contribution < -0.4 is 10.1 Å². The van der Waals surface area contributed by atoms with E-state index in [1.54, 1.807) is 38.1 Å². The van der Waals surface area contributed by atoms with Crippen molar-refractivity contribution in [2.75, 3.05) is 11.9 Å². The molecule has 5 heteroatoms. The van der Waals surface area contributed by atoms with Gasteiger partial charge in [0.25, 0.3) is 5.91 Å². The highest BCUT2D eigenvalue weighted by molar-refractivity contribution is 5.95. The van der Waals surface area contributed by atoms with E-state index in [-0.39, 0.29) is 11.9 Å². The quantitative estimate of drug-likeness (QED) is 0.779. The van der Waals surface area contributed by atoms with Crippen LogP contribution in [0.15, 0.2) is 42.5 Å². The van der Waals surface area contributed by atoms with E-state index in [9.17, 15) is 9.59 Å². The number of nitrogens with one attached hydrogen (secondary N) is 1. The first kappa shape index (κ1) is 19.0. The fraction of sp³-hybridized carbons (Fsp3) is 0.364. The van der Waals surface area contributed by atoms with Crippen LogP contribution in [0, 0.1) is 0 Å². The first-order valence-corrected chi connectivity index (χ1v) is 9.44. The Morgan fingerprint density at radius 3 is 2.56 bits per heavy atom. The molecular formula is C22H25NO4. The van der Waals surface area contributed by atoms with E-state index in [1.165, 1.54) is 17.5 Å². The molecule has 1 aliphatic rings. The number of amides is 1. The Morgan fingerprint density at radius 1 is 1.07 bits per heavy atom. The normalized spacial score (nSPS) is 14.0. The molecule has 1 atom stereocenters. The molecule has 1 amide bonds. The van der Waals surface area contributed by atoms with Crippen LogP contribution in [0.3, 0.4) is 0 Å². The third-order valence-electron chi connectivity index (χ3n) is 4.69. The number of ether oxygens (including phenoxy) is 2. The lowest BCUT2D eigenvalue weighted by molar-refractivity contribution is -0.122. The van der Waals surface area contributed by atoms with Crippen LogP contribution in [-0.2, 0) is 22.4 Å². The van der Waals surface area contributed by atoms with Crippen molar-refractivity contribution in [2.45, 2.75) is 45.6 Å².